The zero-order valence-electron chi connectivity index (χ0n) is 16.4. The first-order valence-corrected chi connectivity index (χ1v) is 10.8. The molecule has 0 spiro atoms. The molecule has 1 amide bonds. The highest BCUT2D eigenvalue weighted by molar-refractivity contribution is 9.10. The number of fused-ring (bicyclic) bond motifs is 1. The Morgan fingerprint density at radius 2 is 1.77 bits per heavy atom. The van der Waals surface area contributed by atoms with E-state index in [-0.39, 0.29) is 5.91 Å². The van der Waals surface area contributed by atoms with Crippen molar-refractivity contribution < 1.29 is 9.53 Å². The third-order valence-electron chi connectivity index (χ3n) is 4.72. The van der Waals surface area contributed by atoms with E-state index in [1.807, 2.05) is 36.4 Å². The van der Waals surface area contributed by atoms with Gasteiger partial charge in [0.25, 0.3) is 5.91 Å². The maximum Gasteiger partial charge on any atom is 0.272 e. The molecular formula is C25H18BrClN2O2. The summed E-state index contributed by atoms with van der Waals surface area (Å²) in [6.07, 6.45) is 1.56. The van der Waals surface area contributed by atoms with E-state index in [9.17, 15) is 4.79 Å². The molecule has 0 heterocycles. The van der Waals surface area contributed by atoms with Crippen LogP contribution in [0.1, 0.15) is 21.5 Å². The van der Waals surface area contributed by atoms with Gasteiger partial charge in [-0.1, -0.05) is 66.2 Å². The molecule has 0 aromatic heterocycles. The summed E-state index contributed by atoms with van der Waals surface area (Å²) in [7, 11) is 0. The Morgan fingerprint density at radius 3 is 2.61 bits per heavy atom. The summed E-state index contributed by atoms with van der Waals surface area (Å²) in [5.74, 6) is 0.362. The fourth-order valence-corrected chi connectivity index (χ4v) is 3.89. The molecule has 0 saturated carbocycles. The summed E-state index contributed by atoms with van der Waals surface area (Å²) < 4.78 is 6.82. The zero-order valence-corrected chi connectivity index (χ0v) is 18.7. The van der Waals surface area contributed by atoms with Gasteiger partial charge in [0, 0.05) is 0 Å². The van der Waals surface area contributed by atoms with Crippen LogP contribution >= 0.6 is 27.5 Å². The first-order valence-electron chi connectivity index (χ1n) is 9.59. The molecule has 1 N–H and O–H groups in total. The summed E-state index contributed by atoms with van der Waals surface area (Å²) in [6.45, 7) is 0.460. The Kier molecular flexibility index (Phi) is 6.65. The van der Waals surface area contributed by atoms with Gasteiger partial charge in [0.05, 0.1) is 21.3 Å². The first-order chi connectivity index (χ1) is 15.1. The average Bonchev–Trinajstić information content (AvgIpc) is 2.79. The van der Waals surface area contributed by atoms with Gasteiger partial charge in [-0.05, 0) is 68.2 Å². The Balaban J connectivity index is 1.40. The fraction of sp³-hybridized carbons (Fsp3) is 0.0400. The maximum absolute atomic E-state index is 12.2. The lowest BCUT2D eigenvalue weighted by molar-refractivity contribution is 0.0955. The highest BCUT2D eigenvalue weighted by Crippen LogP contribution is 2.27. The third kappa shape index (κ3) is 5.13. The summed E-state index contributed by atoms with van der Waals surface area (Å²) in [5, 5.41) is 6.76. The Hall–Kier alpha value is -3.15. The van der Waals surface area contributed by atoms with E-state index in [0.29, 0.717) is 17.2 Å². The number of nitrogens with one attached hydrogen (secondary N) is 1. The van der Waals surface area contributed by atoms with Crippen LogP contribution in [0.4, 0.5) is 0 Å². The van der Waals surface area contributed by atoms with E-state index >= 15 is 0 Å². The number of hydrogen-bond donors (Lipinski definition) is 1. The van der Waals surface area contributed by atoms with Crippen LogP contribution in [0.2, 0.25) is 5.02 Å². The number of hydrogen-bond acceptors (Lipinski definition) is 3. The minimum atomic E-state index is -0.365. The van der Waals surface area contributed by atoms with Crippen molar-refractivity contribution in [1.82, 2.24) is 5.43 Å². The number of amides is 1. The predicted molar refractivity (Wildman–Crippen MR) is 129 cm³/mol. The van der Waals surface area contributed by atoms with Crippen molar-refractivity contribution >= 4 is 50.4 Å². The molecule has 0 unspecified atom stereocenters. The van der Waals surface area contributed by atoms with Crippen LogP contribution in [0.25, 0.3) is 10.8 Å². The topological polar surface area (TPSA) is 50.7 Å². The van der Waals surface area contributed by atoms with Gasteiger partial charge in [0.2, 0.25) is 0 Å². The molecule has 4 aromatic rings. The lowest BCUT2D eigenvalue weighted by atomic mass is 10.1. The van der Waals surface area contributed by atoms with E-state index in [0.717, 1.165) is 21.3 Å². The van der Waals surface area contributed by atoms with Crippen molar-refractivity contribution in [3.8, 4) is 5.75 Å². The van der Waals surface area contributed by atoms with Crippen LogP contribution in [-0.4, -0.2) is 12.1 Å². The number of nitrogens with zero attached hydrogens (tertiary/aromatic N) is 1. The molecule has 0 aliphatic carbocycles. The Bertz CT molecular complexity index is 1270. The maximum atomic E-state index is 12.2. The number of rotatable bonds is 6. The SMILES string of the molecule is O=C(N/N=C\c1ccc(OCc2cccc3ccccc23)c(Br)c1)c1ccccc1Cl. The molecule has 4 rings (SSSR count). The zero-order chi connectivity index (χ0) is 21.6. The normalized spacial score (nSPS) is 11.0. The van der Waals surface area contributed by atoms with Crippen molar-refractivity contribution in [3.05, 3.63) is 111 Å². The summed E-state index contributed by atoms with van der Waals surface area (Å²) in [5.41, 5.74) is 4.79. The molecule has 31 heavy (non-hydrogen) atoms. The van der Waals surface area contributed by atoms with Crippen LogP contribution in [0.3, 0.4) is 0 Å². The molecule has 4 aromatic carbocycles. The molecule has 4 nitrogen and oxygen atoms in total. The van der Waals surface area contributed by atoms with E-state index in [2.05, 4.69) is 50.7 Å². The highest BCUT2D eigenvalue weighted by atomic mass is 79.9. The number of halogens is 2. The standard InChI is InChI=1S/C25H18BrClN2O2/c26-22-14-17(15-28-29-25(30)21-10-3-4-11-23(21)27)12-13-24(22)31-16-19-8-5-7-18-6-1-2-9-20(18)19/h1-15H,16H2,(H,29,30)/b28-15-. The second kappa shape index (κ2) is 9.77. The van der Waals surface area contributed by atoms with Crippen molar-refractivity contribution in [2.75, 3.05) is 0 Å². The van der Waals surface area contributed by atoms with Crippen molar-refractivity contribution in [3.63, 3.8) is 0 Å². The number of carbonyl (C=O) groups excluding carboxylic acids is 1. The molecule has 154 valence electrons. The molecule has 6 heteroatoms. The molecule has 0 saturated heterocycles. The first kappa shape index (κ1) is 21.1. The van der Waals surface area contributed by atoms with Gasteiger partial charge < -0.3 is 4.74 Å². The second-order valence-electron chi connectivity index (χ2n) is 6.80. The van der Waals surface area contributed by atoms with E-state index < -0.39 is 0 Å². The van der Waals surface area contributed by atoms with Gasteiger partial charge in [-0.25, -0.2) is 5.43 Å². The lowest BCUT2D eigenvalue weighted by Gasteiger charge is -2.11. The van der Waals surface area contributed by atoms with Gasteiger partial charge in [0.15, 0.2) is 0 Å². The Morgan fingerprint density at radius 1 is 1.00 bits per heavy atom. The summed E-state index contributed by atoms with van der Waals surface area (Å²) >= 11 is 9.57. The third-order valence-corrected chi connectivity index (χ3v) is 5.67. The van der Waals surface area contributed by atoms with E-state index in [1.54, 1.807) is 30.5 Å². The van der Waals surface area contributed by atoms with Crippen LogP contribution < -0.4 is 10.2 Å². The molecular weight excluding hydrogens is 476 g/mol. The van der Waals surface area contributed by atoms with Crippen LogP contribution in [0.15, 0.2) is 94.5 Å². The largest absolute Gasteiger partial charge is 0.488 e. The molecule has 0 bridgehead atoms. The lowest BCUT2D eigenvalue weighted by Crippen LogP contribution is -2.17. The molecule has 0 aliphatic heterocycles. The number of hydrazone groups is 1. The Labute approximate surface area is 193 Å². The van der Waals surface area contributed by atoms with Gasteiger partial charge >= 0.3 is 0 Å². The van der Waals surface area contributed by atoms with E-state index in [1.165, 1.54) is 10.8 Å². The molecule has 0 fully saturated rings. The molecule has 0 radical (unpaired) electrons. The summed E-state index contributed by atoms with van der Waals surface area (Å²) in [4.78, 5) is 12.2. The number of benzene rings is 4. The molecule has 0 aliphatic rings. The predicted octanol–water partition coefficient (Wildman–Crippen LogP) is 6.60. The molecule has 0 atom stereocenters. The smallest absolute Gasteiger partial charge is 0.272 e. The number of carbonyl (C=O) groups is 1. The van der Waals surface area contributed by atoms with Gasteiger partial charge in [0.1, 0.15) is 12.4 Å². The van der Waals surface area contributed by atoms with Crippen LogP contribution in [0, 0.1) is 0 Å². The van der Waals surface area contributed by atoms with Crippen LogP contribution in [-0.2, 0) is 6.61 Å². The van der Waals surface area contributed by atoms with Gasteiger partial charge in [-0.15, -0.1) is 0 Å². The quantitative estimate of drug-likeness (QED) is 0.243. The highest BCUT2D eigenvalue weighted by Gasteiger charge is 2.08. The minimum absolute atomic E-state index is 0.365. The minimum Gasteiger partial charge on any atom is -0.488 e. The number of ether oxygens (including phenoxy) is 1. The van der Waals surface area contributed by atoms with Gasteiger partial charge in [-0.3, -0.25) is 4.79 Å². The van der Waals surface area contributed by atoms with Crippen molar-refractivity contribution in [1.29, 1.82) is 0 Å². The average molecular weight is 494 g/mol. The van der Waals surface area contributed by atoms with Crippen molar-refractivity contribution in [2.24, 2.45) is 5.10 Å². The van der Waals surface area contributed by atoms with Gasteiger partial charge in [-0.2, -0.15) is 5.10 Å². The van der Waals surface area contributed by atoms with E-state index in [4.69, 9.17) is 16.3 Å². The summed E-state index contributed by atoms with van der Waals surface area (Å²) in [6, 6.07) is 26.9. The monoisotopic (exact) mass is 492 g/mol. The van der Waals surface area contributed by atoms with Crippen LogP contribution in [0.5, 0.6) is 5.75 Å². The second-order valence-corrected chi connectivity index (χ2v) is 8.06. The fourth-order valence-electron chi connectivity index (χ4n) is 3.16. The van der Waals surface area contributed by atoms with Crippen molar-refractivity contribution in [2.45, 2.75) is 6.61 Å².